The van der Waals surface area contributed by atoms with Gasteiger partial charge in [-0.15, -0.1) is 0 Å². The van der Waals surface area contributed by atoms with Crippen LogP contribution in [0.1, 0.15) is 18.7 Å². The second-order valence-electron chi connectivity index (χ2n) is 6.93. The smallest absolute Gasteiger partial charge is 0.165 e. The second-order valence-corrected chi connectivity index (χ2v) is 6.93. The van der Waals surface area contributed by atoms with E-state index in [0.29, 0.717) is 5.69 Å². The van der Waals surface area contributed by atoms with Crippen molar-refractivity contribution in [2.24, 2.45) is 0 Å². The van der Waals surface area contributed by atoms with Crippen LogP contribution in [-0.2, 0) is 13.0 Å². The summed E-state index contributed by atoms with van der Waals surface area (Å²) in [6.07, 6.45) is 5.02. The number of rotatable bonds is 2. The molecule has 26 heavy (non-hydrogen) atoms. The molecule has 134 valence electrons. The maximum Gasteiger partial charge on any atom is 0.165 e. The molecule has 0 atom stereocenters. The third-order valence-electron chi connectivity index (χ3n) is 5.40. The Kier molecular flexibility index (Phi) is 3.72. The van der Waals surface area contributed by atoms with E-state index in [4.69, 9.17) is 4.98 Å². The van der Waals surface area contributed by atoms with Gasteiger partial charge in [0.1, 0.15) is 18.0 Å². The summed E-state index contributed by atoms with van der Waals surface area (Å²) in [5.74, 6) is 1.87. The van der Waals surface area contributed by atoms with E-state index in [9.17, 15) is 4.39 Å². The predicted molar refractivity (Wildman–Crippen MR) is 99.1 cm³/mol. The zero-order valence-electron chi connectivity index (χ0n) is 14.6. The third-order valence-corrected chi connectivity index (χ3v) is 5.40. The summed E-state index contributed by atoms with van der Waals surface area (Å²) < 4.78 is 16.3. The average molecular weight is 352 g/mol. The van der Waals surface area contributed by atoms with Crippen LogP contribution in [0.15, 0.2) is 30.6 Å². The van der Waals surface area contributed by atoms with Crippen molar-refractivity contribution in [2.45, 2.75) is 25.8 Å². The Morgan fingerprint density at radius 1 is 0.885 bits per heavy atom. The number of hydrogen-bond acceptors (Lipinski definition) is 5. The van der Waals surface area contributed by atoms with E-state index in [1.807, 2.05) is 12.1 Å². The normalized spacial score (nSPS) is 17.6. The number of piperazine rings is 1. The maximum absolute atomic E-state index is 14.0. The van der Waals surface area contributed by atoms with Crippen LogP contribution in [0.25, 0.3) is 11.2 Å². The van der Waals surface area contributed by atoms with Gasteiger partial charge in [0.15, 0.2) is 17.0 Å². The number of fused-ring (bicyclic) bond motifs is 3. The summed E-state index contributed by atoms with van der Waals surface area (Å²) in [7, 11) is 0. The van der Waals surface area contributed by atoms with E-state index in [1.165, 1.54) is 18.9 Å². The van der Waals surface area contributed by atoms with Crippen molar-refractivity contribution in [1.82, 2.24) is 19.5 Å². The SMILES string of the molecule is Fc1ccccc1N1CCN(c2ncnc3c2nc2n3CCCC2)CC1. The molecular formula is C19H21FN6. The fourth-order valence-electron chi connectivity index (χ4n) is 4.05. The minimum absolute atomic E-state index is 0.160. The molecule has 7 heteroatoms. The van der Waals surface area contributed by atoms with Crippen LogP contribution in [0.4, 0.5) is 15.9 Å². The molecule has 0 radical (unpaired) electrons. The number of benzene rings is 1. The first kappa shape index (κ1) is 15.5. The number of aryl methyl sites for hydroxylation is 2. The zero-order chi connectivity index (χ0) is 17.5. The number of nitrogens with zero attached hydrogens (tertiary/aromatic N) is 6. The third kappa shape index (κ3) is 2.50. The van der Waals surface area contributed by atoms with Gasteiger partial charge in [-0.1, -0.05) is 12.1 Å². The summed E-state index contributed by atoms with van der Waals surface area (Å²) in [5, 5.41) is 0. The fraction of sp³-hybridized carbons (Fsp3) is 0.421. The first-order valence-corrected chi connectivity index (χ1v) is 9.26. The molecule has 4 heterocycles. The molecule has 1 fully saturated rings. The molecule has 2 aliphatic heterocycles. The molecule has 5 rings (SSSR count). The van der Waals surface area contributed by atoms with Crippen LogP contribution >= 0.6 is 0 Å². The molecule has 2 aliphatic rings. The van der Waals surface area contributed by atoms with Crippen LogP contribution in [0.5, 0.6) is 0 Å². The van der Waals surface area contributed by atoms with E-state index < -0.39 is 0 Å². The molecule has 0 amide bonds. The lowest BCUT2D eigenvalue weighted by Crippen LogP contribution is -2.47. The lowest BCUT2D eigenvalue weighted by atomic mass is 10.2. The molecule has 6 nitrogen and oxygen atoms in total. The number of anilines is 2. The largest absolute Gasteiger partial charge is 0.366 e. The molecule has 3 aromatic rings. The summed E-state index contributed by atoms with van der Waals surface area (Å²) in [5.41, 5.74) is 2.53. The molecule has 0 N–H and O–H groups in total. The molecule has 0 bridgehead atoms. The summed E-state index contributed by atoms with van der Waals surface area (Å²) >= 11 is 0. The van der Waals surface area contributed by atoms with Crippen LogP contribution < -0.4 is 9.80 Å². The Hall–Kier alpha value is -2.70. The van der Waals surface area contributed by atoms with Crippen molar-refractivity contribution in [3.05, 3.63) is 42.2 Å². The standard InChI is InChI=1S/C19H21FN6/c20-14-5-1-2-6-15(14)24-9-11-25(12-10-24)18-17-19(22-13-21-18)26-8-4-3-7-16(26)23-17/h1-2,5-6,13H,3-4,7-12H2. The van der Waals surface area contributed by atoms with E-state index >= 15 is 0 Å². The van der Waals surface area contributed by atoms with Crippen molar-refractivity contribution >= 4 is 22.7 Å². The van der Waals surface area contributed by atoms with Gasteiger partial charge in [0, 0.05) is 39.1 Å². The molecule has 2 aromatic heterocycles. The number of aromatic nitrogens is 4. The predicted octanol–water partition coefficient (Wildman–Crippen LogP) is 2.63. The maximum atomic E-state index is 14.0. The van der Waals surface area contributed by atoms with Gasteiger partial charge in [-0.25, -0.2) is 19.3 Å². The lowest BCUT2D eigenvalue weighted by Gasteiger charge is -2.36. The van der Waals surface area contributed by atoms with Gasteiger partial charge in [0.05, 0.1) is 5.69 Å². The number of hydrogen-bond donors (Lipinski definition) is 0. The Balaban J connectivity index is 1.42. The van der Waals surface area contributed by atoms with E-state index in [-0.39, 0.29) is 5.82 Å². The lowest BCUT2D eigenvalue weighted by molar-refractivity contribution is 0.530. The van der Waals surface area contributed by atoms with Gasteiger partial charge in [-0.3, -0.25) is 0 Å². The molecule has 1 aromatic carbocycles. The van der Waals surface area contributed by atoms with Gasteiger partial charge >= 0.3 is 0 Å². The Bertz CT molecular complexity index is 944. The van der Waals surface area contributed by atoms with Crippen molar-refractivity contribution in [1.29, 1.82) is 0 Å². The average Bonchev–Trinajstić information content (AvgIpc) is 3.07. The highest BCUT2D eigenvalue weighted by Crippen LogP contribution is 2.28. The fourth-order valence-corrected chi connectivity index (χ4v) is 4.05. The second kappa shape index (κ2) is 6.23. The number of para-hydroxylation sites is 1. The minimum Gasteiger partial charge on any atom is -0.366 e. The van der Waals surface area contributed by atoms with Crippen molar-refractivity contribution in [2.75, 3.05) is 36.0 Å². The highest BCUT2D eigenvalue weighted by molar-refractivity contribution is 5.84. The number of halogens is 1. The summed E-state index contributed by atoms with van der Waals surface area (Å²) in [4.78, 5) is 18.2. The van der Waals surface area contributed by atoms with Gasteiger partial charge in [0.2, 0.25) is 0 Å². The van der Waals surface area contributed by atoms with Crippen LogP contribution in [0.2, 0.25) is 0 Å². The molecule has 0 unspecified atom stereocenters. The molecule has 0 aliphatic carbocycles. The van der Waals surface area contributed by atoms with Gasteiger partial charge in [-0.05, 0) is 25.0 Å². The van der Waals surface area contributed by atoms with Gasteiger partial charge in [0.25, 0.3) is 0 Å². The van der Waals surface area contributed by atoms with E-state index in [1.54, 1.807) is 12.4 Å². The Labute approximate surface area is 151 Å². The monoisotopic (exact) mass is 352 g/mol. The van der Waals surface area contributed by atoms with Gasteiger partial charge < -0.3 is 14.4 Å². The first-order chi connectivity index (χ1) is 12.8. The molecule has 0 spiro atoms. The van der Waals surface area contributed by atoms with Crippen LogP contribution in [0.3, 0.4) is 0 Å². The highest BCUT2D eigenvalue weighted by atomic mass is 19.1. The van der Waals surface area contributed by atoms with Crippen LogP contribution in [0, 0.1) is 5.82 Å². The summed E-state index contributed by atoms with van der Waals surface area (Å²) in [6, 6.07) is 6.98. The van der Waals surface area contributed by atoms with Crippen molar-refractivity contribution in [3.63, 3.8) is 0 Å². The molecule has 0 saturated carbocycles. The van der Waals surface area contributed by atoms with E-state index in [0.717, 1.165) is 62.0 Å². The van der Waals surface area contributed by atoms with Crippen molar-refractivity contribution in [3.8, 4) is 0 Å². The first-order valence-electron chi connectivity index (χ1n) is 9.26. The van der Waals surface area contributed by atoms with Crippen LogP contribution in [-0.4, -0.2) is 45.7 Å². The number of imidazole rings is 1. The Morgan fingerprint density at radius 2 is 1.69 bits per heavy atom. The molecule has 1 saturated heterocycles. The topological polar surface area (TPSA) is 50.1 Å². The minimum atomic E-state index is -0.160. The van der Waals surface area contributed by atoms with Crippen molar-refractivity contribution < 1.29 is 4.39 Å². The zero-order valence-corrected chi connectivity index (χ0v) is 14.6. The molecular weight excluding hydrogens is 331 g/mol. The van der Waals surface area contributed by atoms with E-state index in [2.05, 4.69) is 24.3 Å². The Morgan fingerprint density at radius 3 is 2.54 bits per heavy atom. The highest BCUT2D eigenvalue weighted by Gasteiger charge is 2.24. The quantitative estimate of drug-likeness (QED) is 0.710. The van der Waals surface area contributed by atoms with Gasteiger partial charge in [-0.2, -0.15) is 0 Å². The summed E-state index contributed by atoms with van der Waals surface area (Å²) in [6.45, 7) is 4.11.